The number of hydrogen-bond acceptors (Lipinski definition) is 2. The van der Waals surface area contributed by atoms with Gasteiger partial charge in [0.1, 0.15) is 0 Å². The molecule has 0 aromatic heterocycles. The van der Waals surface area contributed by atoms with Gasteiger partial charge in [-0.25, -0.2) is 0 Å². The first-order chi connectivity index (χ1) is 9.19. The third-order valence-electron chi connectivity index (χ3n) is 2.66. The van der Waals surface area contributed by atoms with Crippen molar-refractivity contribution in [1.82, 2.24) is 0 Å². The molecule has 0 radical (unpaired) electrons. The monoisotopic (exact) mass is 289 g/mol. The number of nitriles is 1. The molecule has 0 N–H and O–H groups in total. The summed E-state index contributed by atoms with van der Waals surface area (Å²) in [6, 6.07) is 16.7. The summed E-state index contributed by atoms with van der Waals surface area (Å²) in [7, 11) is -1.04. The Bertz CT molecular complexity index is 649. The maximum absolute atomic E-state index is 12.1. The van der Waals surface area contributed by atoms with Crippen molar-refractivity contribution in [3.63, 3.8) is 0 Å². The molecular formula is C15H12ClNOS. The molecule has 0 aliphatic heterocycles. The Labute approximate surface area is 120 Å². The molecule has 0 saturated heterocycles. The van der Waals surface area contributed by atoms with Gasteiger partial charge in [0, 0.05) is 21.6 Å². The minimum atomic E-state index is -1.04. The SMILES string of the molecule is N#Cc1cccc(C[S@](=O)Cc2ccccc2Cl)c1. The van der Waals surface area contributed by atoms with E-state index in [4.69, 9.17) is 16.9 Å². The van der Waals surface area contributed by atoms with Crippen molar-refractivity contribution >= 4 is 22.4 Å². The molecule has 0 bridgehead atoms. The molecule has 0 aliphatic carbocycles. The Hall–Kier alpha value is -1.63. The summed E-state index contributed by atoms with van der Waals surface area (Å²) >= 11 is 6.04. The predicted octanol–water partition coefficient (Wildman–Crippen LogP) is 3.66. The zero-order valence-electron chi connectivity index (χ0n) is 10.2. The van der Waals surface area contributed by atoms with Crippen LogP contribution in [0.5, 0.6) is 0 Å². The van der Waals surface area contributed by atoms with Gasteiger partial charge in [0.05, 0.1) is 17.4 Å². The predicted molar refractivity (Wildman–Crippen MR) is 78.2 cm³/mol. The summed E-state index contributed by atoms with van der Waals surface area (Å²) in [6.45, 7) is 0. The number of nitrogens with zero attached hydrogens (tertiary/aromatic N) is 1. The van der Waals surface area contributed by atoms with E-state index in [-0.39, 0.29) is 0 Å². The molecule has 2 aromatic carbocycles. The summed E-state index contributed by atoms with van der Waals surface area (Å²) in [6.07, 6.45) is 0. The van der Waals surface area contributed by atoms with Crippen LogP contribution in [0.1, 0.15) is 16.7 Å². The van der Waals surface area contributed by atoms with Crippen LogP contribution in [-0.2, 0) is 22.3 Å². The van der Waals surface area contributed by atoms with Crippen molar-refractivity contribution in [1.29, 1.82) is 5.26 Å². The third kappa shape index (κ3) is 3.92. The van der Waals surface area contributed by atoms with Gasteiger partial charge in [-0.05, 0) is 29.3 Å². The van der Waals surface area contributed by atoms with Crippen molar-refractivity contribution in [3.8, 4) is 6.07 Å². The average molecular weight is 290 g/mol. The van der Waals surface area contributed by atoms with Gasteiger partial charge in [-0.15, -0.1) is 0 Å². The van der Waals surface area contributed by atoms with Crippen molar-refractivity contribution in [3.05, 3.63) is 70.2 Å². The second-order valence-electron chi connectivity index (χ2n) is 4.13. The zero-order chi connectivity index (χ0) is 13.7. The van der Waals surface area contributed by atoms with Gasteiger partial charge in [0.15, 0.2) is 0 Å². The molecule has 0 spiro atoms. The minimum Gasteiger partial charge on any atom is -0.259 e. The largest absolute Gasteiger partial charge is 0.259 e. The van der Waals surface area contributed by atoms with Crippen LogP contribution in [0.4, 0.5) is 0 Å². The standard InChI is InChI=1S/C15H12ClNOS/c16-15-7-2-1-6-14(15)11-19(18)10-13-5-3-4-12(8-13)9-17/h1-8H,10-11H2/t19-/m0/s1. The van der Waals surface area contributed by atoms with Gasteiger partial charge < -0.3 is 0 Å². The molecule has 0 heterocycles. The van der Waals surface area contributed by atoms with E-state index in [2.05, 4.69) is 6.07 Å². The van der Waals surface area contributed by atoms with Gasteiger partial charge in [-0.1, -0.05) is 41.9 Å². The maximum atomic E-state index is 12.1. The van der Waals surface area contributed by atoms with E-state index >= 15 is 0 Å². The molecule has 2 aromatic rings. The number of benzene rings is 2. The van der Waals surface area contributed by atoms with Crippen LogP contribution >= 0.6 is 11.6 Å². The fraction of sp³-hybridized carbons (Fsp3) is 0.133. The highest BCUT2D eigenvalue weighted by Gasteiger charge is 2.06. The Morgan fingerprint density at radius 1 is 1.11 bits per heavy atom. The molecule has 4 heteroatoms. The maximum Gasteiger partial charge on any atom is 0.0991 e. The number of rotatable bonds is 4. The fourth-order valence-electron chi connectivity index (χ4n) is 1.76. The quantitative estimate of drug-likeness (QED) is 0.862. The van der Waals surface area contributed by atoms with E-state index in [1.165, 1.54) is 0 Å². The van der Waals surface area contributed by atoms with Gasteiger partial charge in [-0.2, -0.15) is 5.26 Å². The molecule has 2 rings (SSSR count). The summed E-state index contributed by atoms with van der Waals surface area (Å²) < 4.78 is 12.1. The van der Waals surface area contributed by atoms with Crippen LogP contribution < -0.4 is 0 Å². The van der Waals surface area contributed by atoms with Crippen LogP contribution in [0.25, 0.3) is 0 Å². The van der Waals surface area contributed by atoms with Crippen LogP contribution in [0, 0.1) is 11.3 Å². The average Bonchev–Trinajstić information content (AvgIpc) is 2.41. The summed E-state index contributed by atoms with van der Waals surface area (Å²) in [5, 5.41) is 9.46. The van der Waals surface area contributed by atoms with Gasteiger partial charge in [0.25, 0.3) is 0 Å². The normalized spacial score (nSPS) is 11.8. The Balaban J connectivity index is 2.06. The third-order valence-corrected chi connectivity index (χ3v) is 4.32. The van der Waals surface area contributed by atoms with Crippen LogP contribution in [0.2, 0.25) is 5.02 Å². The zero-order valence-corrected chi connectivity index (χ0v) is 11.7. The topological polar surface area (TPSA) is 40.9 Å². The van der Waals surface area contributed by atoms with E-state index in [1.807, 2.05) is 24.3 Å². The second-order valence-corrected chi connectivity index (χ2v) is 6.00. The molecule has 0 saturated carbocycles. The molecule has 0 amide bonds. The molecule has 1 atom stereocenters. The first kappa shape index (κ1) is 13.8. The van der Waals surface area contributed by atoms with E-state index < -0.39 is 10.8 Å². The molecular weight excluding hydrogens is 278 g/mol. The van der Waals surface area contributed by atoms with Crippen molar-refractivity contribution < 1.29 is 4.21 Å². The van der Waals surface area contributed by atoms with Gasteiger partial charge in [-0.3, -0.25) is 4.21 Å². The smallest absolute Gasteiger partial charge is 0.0991 e. The van der Waals surface area contributed by atoms with Crippen molar-refractivity contribution in [2.45, 2.75) is 11.5 Å². The lowest BCUT2D eigenvalue weighted by Crippen LogP contribution is -2.00. The molecule has 96 valence electrons. The number of halogens is 1. The Kier molecular flexibility index (Phi) is 4.73. The van der Waals surface area contributed by atoms with Gasteiger partial charge in [0.2, 0.25) is 0 Å². The van der Waals surface area contributed by atoms with E-state index in [0.717, 1.165) is 11.1 Å². The first-order valence-corrected chi connectivity index (χ1v) is 7.63. The second kappa shape index (κ2) is 6.51. The van der Waals surface area contributed by atoms with Crippen LogP contribution in [0.15, 0.2) is 48.5 Å². The van der Waals surface area contributed by atoms with Crippen LogP contribution in [0.3, 0.4) is 0 Å². The lowest BCUT2D eigenvalue weighted by molar-refractivity contribution is 0.682. The van der Waals surface area contributed by atoms with Gasteiger partial charge >= 0.3 is 0 Å². The summed E-state index contributed by atoms with van der Waals surface area (Å²) in [5.41, 5.74) is 2.38. The van der Waals surface area contributed by atoms with E-state index in [1.54, 1.807) is 24.3 Å². The van der Waals surface area contributed by atoms with E-state index in [9.17, 15) is 4.21 Å². The molecule has 0 fully saturated rings. The van der Waals surface area contributed by atoms with Crippen LogP contribution in [-0.4, -0.2) is 4.21 Å². The molecule has 0 unspecified atom stereocenters. The minimum absolute atomic E-state index is 0.427. The number of hydrogen-bond donors (Lipinski definition) is 0. The van der Waals surface area contributed by atoms with E-state index in [0.29, 0.717) is 22.1 Å². The summed E-state index contributed by atoms with van der Waals surface area (Å²) in [4.78, 5) is 0. The Morgan fingerprint density at radius 2 is 1.89 bits per heavy atom. The molecule has 2 nitrogen and oxygen atoms in total. The lowest BCUT2D eigenvalue weighted by Gasteiger charge is -2.05. The molecule has 0 aliphatic rings. The fourth-order valence-corrected chi connectivity index (χ4v) is 3.29. The summed E-state index contributed by atoms with van der Waals surface area (Å²) in [5.74, 6) is 0.858. The molecule has 19 heavy (non-hydrogen) atoms. The first-order valence-electron chi connectivity index (χ1n) is 5.76. The Morgan fingerprint density at radius 3 is 2.63 bits per heavy atom. The van der Waals surface area contributed by atoms with Crippen molar-refractivity contribution in [2.75, 3.05) is 0 Å². The van der Waals surface area contributed by atoms with Crippen molar-refractivity contribution in [2.24, 2.45) is 0 Å². The highest BCUT2D eigenvalue weighted by atomic mass is 35.5. The highest BCUT2D eigenvalue weighted by Crippen LogP contribution is 2.18. The lowest BCUT2D eigenvalue weighted by atomic mass is 10.2. The highest BCUT2D eigenvalue weighted by molar-refractivity contribution is 7.83.